The van der Waals surface area contributed by atoms with Gasteiger partial charge in [-0.1, -0.05) is 17.7 Å². The van der Waals surface area contributed by atoms with E-state index in [9.17, 15) is 0 Å². The molecule has 0 unspecified atom stereocenters. The molecule has 4 heterocycles. The van der Waals surface area contributed by atoms with Gasteiger partial charge in [-0.25, -0.2) is 9.97 Å². The average molecular weight is 453 g/mol. The molecule has 2 fully saturated rings. The second kappa shape index (κ2) is 9.17. The van der Waals surface area contributed by atoms with Gasteiger partial charge >= 0.3 is 0 Å². The van der Waals surface area contributed by atoms with Gasteiger partial charge in [0.15, 0.2) is 0 Å². The zero-order chi connectivity index (χ0) is 22.1. The lowest BCUT2D eigenvalue weighted by Gasteiger charge is -2.41. The third-order valence-electron chi connectivity index (χ3n) is 6.70. The van der Waals surface area contributed by atoms with E-state index in [1.165, 1.54) is 5.56 Å². The summed E-state index contributed by atoms with van der Waals surface area (Å²) >= 11 is 6.69. The van der Waals surface area contributed by atoms with Gasteiger partial charge in [0.05, 0.1) is 42.4 Å². The first-order valence-electron chi connectivity index (χ1n) is 11.3. The first-order valence-corrected chi connectivity index (χ1v) is 11.7. The van der Waals surface area contributed by atoms with Gasteiger partial charge in [-0.3, -0.25) is 9.58 Å². The number of nitrogens with one attached hydrogen (secondary N) is 1. The predicted octanol–water partition coefficient (Wildman–Crippen LogP) is 4.69. The molecule has 3 aromatic rings. The van der Waals surface area contributed by atoms with Crippen molar-refractivity contribution < 1.29 is 4.74 Å². The van der Waals surface area contributed by atoms with Crippen molar-refractivity contribution in [2.75, 3.05) is 31.6 Å². The van der Waals surface area contributed by atoms with Crippen LogP contribution in [-0.2, 0) is 11.3 Å². The van der Waals surface area contributed by atoms with Crippen molar-refractivity contribution in [2.24, 2.45) is 0 Å². The highest BCUT2D eigenvalue weighted by atomic mass is 35.5. The maximum atomic E-state index is 6.69. The molecule has 1 aromatic carbocycles. The molecule has 8 heteroatoms. The Hall–Kier alpha value is -2.48. The largest absolute Gasteiger partial charge is 0.378 e. The smallest absolute Gasteiger partial charge is 0.227 e. The molecule has 2 aliphatic heterocycles. The van der Waals surface area contributed by atoms with E-state index in [0.29, 0.717) is 17.9 Å². The SMILES string of the molecule is C=CCCn1ncc(Nc2ncc3cc(Cl)c(C4CCN(C5COC5)CC4)cc3n2)c1C. The van der Waals surface area contributed by atoms with E-state index < -0.39 is 0 Å². The molecule has 2 aliphatic rings. The average Bonchev–Trinajstić information content (AvgIpc) is 3.10. The molecule has 0 spiro atoms. The van der Waals surface area contributed by atoms with E-state index >= 15 is 0 Å². The Balaban J connectivity index is 1.34. The summed E-state index contributed by atoms with van der Waals surface area (Å²) in [4.78, 5) is 11.8. The Kier molecular flexibility index (Phi) is 6.13. The second-order valence-corrected chi connectivity index (χ2v) is 9.10. The van der Waals surface area contributed by atoms with E-state index in [1.807, 2.05) is 36.1 Å². The van der Waals surface area contributed by atoms with Crippen molar-refractivity contribution in [2.45, 2.75) is 44.7 Å². The fraction of sp³-hybridized carbons (Fsp3) is 0.458. The third-order valence-corrected chi connectivity index (χ3v) is 7.03. The number of nitrogens with zero attached hydrogens (tertiary/aromatic N) is 5. The van der Waals surface area contributed by atoms with E-state index in [0.717, 1.165) is 79.4 Å². The van der Waals surface area contributed by atoms with Crippen molar-refractivity contribution in [3.8, 4) is 0 Å². The number of anilines is 2. The maximum Gasteiger partial charge on any atom is 0.227 e. The molecule has 7 nitrogen and oxygen atoms in total. The molecule has 0 atom stereocenters. The molecule has 0 radical (unpaired) electrons. The summed E-state index contributed by atoms with van der Waals surface area (Å²) in [6.07, 6.45) is 8.65. The topological polar surface area (TPSA) is 68.1 Å². The highest BCUT2D eigenvalue weighted by Crippen LogP contribution is 2.36. The summed E-state index contributed by atoms with van der Waals surface area (Å²) in [7, 11) is 0. The van der Waals surface area contributed by atoms with E-state index in [4.69, 9.17) is 21.3 Å². The van der Waals surface area contributed by atoms with Crippen LogP contribution in [0.1, 0.15) is 36.4 Å². The lowest BCUT2D eigenvalue weighted by Crippen LogP contribution is -2.51. The summed E-state index contributed by atoms with van der Waals surface area (Å²) < 4.78 is 7.32. The maximum absolute atomic E-state index is 6.69. The minimum absolute atomic E-state index is 0.459. The van der Waals surface area contributed by atoms with Crippen molar-refractivity contribution in [1.29, 1.82) is 0 Å². The molecule has 32 heavy (non-hydrogen) atoms. The van der Waals surface area contributed by atoms with Crippen LogP contribution in [0.25, 0.3) is 10.9 Å². The molecule has 1 N–H and O–H groups in total. The van der Waals surface area contributed by atoms with Crippen LogP contribution in [0.2, 0.25) is 5.02 Å². The number of rotatable bonds is 7. The third kappa shape index (κ3) is 4.25. The summed E-state index contributed by atoms with van der Waals surface area (Å²) in [6.45, 7) is 10.6. The summed E-state index contributed by atoms with van der Waals surface area (Å²) in [5, 5.41) is 9.53. The number of allylic oxidation sites excluding steroid dienone is 1. The van der Waals surface area contributed by atoms with Gasteiger partial charge in [-0.05, 0) is 62.9 Å². The molecular weight excluding hydrogens is 424 g/mol. The van der Waals surface area contributed by atoms with Gasteiger partial charge < -0.3 is 10.1 Å². The zero-order valence-corrected chi connectivity index (χ0v) is 19.2. The second-order valence-electron chi connectivity index (χ2n) is 8.70. The normalized spacial score (nSPS) is 18.1. The van der Waals surface area contributed by atoms with Crippen LogP contribution >= 0.6 is 11.6 Å². The van der Waals surface area contributed by atoms with Gasteiger partial charge in [0, 0.05) is 23.2 Å². The van der Waals surface area contributed by atoms with Crippen molar-refractivity contribution in [1.82, 2.24) is 24.6 Å². The number of aryl methyl sites for hydroxylation is 1. The van der Waals surface area contributed by atoms with Gasteiger partial charge in [-0.2, -0.15) is 5.10 Å². The monoisotopic (exact) mass is 452 g/mol. The van der Waals surface area contributed by atoms with Gasteiger partial charge in [-0.15, -0.1) is 6.58 Å². The Morgan fingerprint density at radius 1 is 1.25 bits per heavy atom. The van der Waals surface area contributed by atoms with E-state index in [1.54, 1.807) is 0 Å². The lowest BCUT2D eigenvalue weighted by atomic mass is 9.88. The van der Waals surface area contributed by atoms with Crippen LogP contribution in [0.4, 0.5) is 11.6 Å². The van der Waals surface area contributed by atoms with Gasteiger partial charge in [0.25, 0.3) is 0 Å². The van der Waals surface area contributed by atoms with Crippen molar-refractivity contribution in [3.63, 3.8) is 0 Å². The summed E-state index contributed by atoms with van der Waals surface area (Å²) in [5.41, 5.74) is 4.07. The number of aromatic nitrogens is 4. The summed E-state index contributed by atoms with van der Waals surface area (Å²) in [6, 6.07) is 4.76. The molecule has 0 saturated carbocycles. The minimum Gasteiger partial charge on any atom is -0.378 e. The molecule has 168 valence electrons. The molecule has 0 amide bonds. The molecule has 5 rings (SSSR count). The molecule has 2 saturated heterocycles. The van der Waals surface area contributed by atoms with Crippen LogP contribution in [-0.4, -0.2) is 57.0 Å². The van der Waals surface area contributed by atoms with Crippen LogP contribution in [0.3, 0.4) is 0 Å². The fourth-order valence-corrected chi connectivity index (χ4v) is 4.91. The molecule has 0 aliphatic carbocycles. The number of halogens is 1. The van der Waals surface area contributed by atoms with Crippen LogP contribution in [0.5, 0.6) is 0 Å². The highest BCUT2D eigenvalue weighted by molar-refractivity contribution is 6.32. The number of likely N-dealkylation sites (tertiary alicyclic amines) is 1. The lowest BCUT2D eigenvalue weighted by molar-refractivity contribution is -0.0712. The van der Waals surface area contributed by atoms with Gasteiger partial charge in [0.1, 0.15) is 0 Å². The Morgan fingerprint density at radius 3 is 2.78 bits per heavy atom. The number of hydrogen-bond acceptors (Lipinski definition) is 6. The van der Waals surface area contributed by atoms with Crippen LogP contribution in [0, 0.1) is 6.92 Å². The number of fused-ring (bicyclic) bond motifs is 1. The minimum atomic E-state index is 0.459. The Labute approximate surface area is 193 Å². The number of ether oxygens (including phenoxy) is 1. The Bertz CT molecular complexity index is 1120. The Morgan fingerprint density at radius 2 is 2.06 bits per heavy atom. The number of hydrogen-bond donors (Lipinski definition) is 1. The highest BCUT2D eigenvalue weighted by Gasteiger charge is 2.30. The standard InChI is InChI=1S/C24H29ClN6O/c1-3-4-7-31-16(2)23(13-27-31)29-24-26-12-18-10-21(25)20(11-22(18)28-24)17-5-8-30(9-6-17)19-14-32-15-19/h3,10-13,17,19H,1,4-9,14-15H2,2H3,(H,26,28,29). The number of piperidine rings is 1. The van der Waals surface area contributed by atoms with Crippen molar-refractivity contribution in [3.05, 3.63) is 53.5 Å². The molecule has 2 aromatic heterocycles. The zero-order valence-electron chi connectivity index (χ0n) is 18.4. The quantitative estimate of drug-likeness (QED) is 0.524. The van der Waals surface area contributed by atoms with Gasteiger partial charge in [0.2, 0.25) is 5.95 Å². The first kappa shape index (κ1) is 21.4. The predicted molar refractivity (Wildman–Crippen MR) is 128 cm³/mol. The first-order chi connectivity index (χ1) is 15.6. The van der Waals surface area contributed by atoms with E-state index in [-0.39, 0.29) is 0 Å². The van der Waals surface area contributed by atoms with Crippen LogP contribution in [0.15, 0.2) is 37.2 Å². The van der Waals surface area contributed by atoms with Crippen molar-refractivity contribution >= 4 is 34.1 Å². The molecule has 0 bridgehead atoms. The molecular formula is C24H29ClN6O. The van der Waals surface area contributed by atoms with E-state index in [2.05, 4.69) is 32.9 Å². The summed E-state index contributed by atoms with van der Waals surface area (Å²) in [5.74, 6) is 1.03. The number of benzene rings is 1. The van der Waals surface area contributed by atoms with Crippen LogP contribution < -0.4 is 5.32 Å². The fourth-order valence-electron chi connectivity index (χ4n) is 4.58.